The fourth-order valence-electron chi connectivity index (χ4n) is 0.736. The Morgan fingerprint density at radius 1 is 1.55 bits per heavy atom. The molecule has 0 spiro atoms. The van der Waals surface area contributed by atoms with Gasteiger partial charge in [0.15, 0.2) is 0 Å². The minimum atomic E-state index is 0.289. The van der Waals surface area contributed by atoms with E-state index >= 15 is 0 Å². The number of halogens is 1. The van der Waals surface area contributed by atoms with Crippen molar-refractivity contribution in [1.29, 1.82) is 5.26 Å². The minimum Gasteiger partial charge on any atom is -0.385 e. The standard InChI is InChI=1S/C8H5ClNO/c9-8-6(4-10)2-1-3-7(8)5-11/h1-3,5,11H. The van der Waals surface area contributed by atoms with Crippen molar-refractivity contribution >= 4 is 11.6 Å². The van der Waals surface area contributed by atoms with Crippen LogP contribution in [0.2, 0.25) is 5.02 Å². The van der Waals surface area contributed by atoms with Gasteiger partial charge in [0, 0.05) is 5.56 Å². The lowest BCUT2D eigenvalue weighted by atomic mass is 10.1. The predicted molar refractivity (Wildman–Crippen MR) is 41.5 cm³/mol. The molecule has 0 aliphatic rings. The highest BCUT2D eigenvalue weighted by Gasteiger charge is 2.03. The zero-order chi connectivity index (χ0) is 8.27. The number of aliphatic hydroxyl groups is 1. The number of aliphatic hydroxyl groups excluding tert-OH is 1. The van der Waals surface area contributed by atoms with Crippen LogP contribution >= 0.6 is 11.6 Å². The van der Waals surface area contributed by atoms with E-state index in [9.17, 15) is 0 Å². The molecule has 1 rings (SSSR count). The molecule has 11 heavy (non-hydrogen) atoms. The molecule has 0 heterocycles. The molecule has 2 nitrogen and oxygen atoms in total. The summed E-state index contributed by atoms with van der Waals surface area (Å²) in [5.74, 6) is 0. The van der Waals surface area contributed by atoms with Gasteiger partial charge in [-0.05, 0) is 6.07 Å². The van der Waals surface area contributed by atoms with Crippen LogP contribution in [0.1, 0.15) is 11.1 Å². The molecule has 3 heteroatoms. The lowest BCUT2D eigenvalue weighted by molar-refractivity contribution is 0.415. The summed E-state index contributed by atoms with van der Waals surface area (Å²) in [6.45, 7) is 0.878. The molecule has 0 aromatic heterocycles. The van der Waals surface area contributed by atoms with Gasteiger partial charge in [0.25, 0.3) is 0 Å². The van der Waals surface area contributed by atoms with Crippen LogP contribution in [0, 0.1) is 17.9 Å². The monoisotopic (exact) mass is 166 g/mol. The molecule has 0 saturated carbocycles. The molecule has 0 unspecified atom stereocenters. The molecule has 55 valence electrons. The van der Waals surface area contributed by atoms with Crippen molar-refractivity contribution in [1.82, 2.24) is 0 Å². The van der Waals surface area contributed by atoms with Gasteiger partial charge in [0.2, 0.25) is 0 Å². The van der Waals surface area contributed by atoms with Gasteiger partial charge in [-0.1, -0.05) is 23.7 Å². The number of hydrogen-bond acceptors (Lipinski definition) is 2. The second-order valence-corrected chi connectivity index (χ2v) is 2.33. The van der Waals surface area contributed by atoms with Gasteiger partial charge in [0.1, 0.15) is 12.7 Å². The van der Waals surface area contributed by atoms with Gasteiger partial charge < -0.3 is 5.11 Å². The van der Waals surface area contributed by atoms with Crippen LogP contribution in [0.3, 0.4) is 0 Å². The third-order valence-electron chi connectivity index (χ3n) is 1.29. The first kappa shape index (κ1) is 8.06. The van der Waals surface area contributed by atoms with Crippen molar-refractivity contribution in [3.8, 4) is 6.07 Å². The van der Waals surface area contributed by atoms with Crippen LogP contribution in [-0.2, 0) is 0 Å². The average molecular weight is 167 g/mol. The fourth-order valence-corrected chi connectivity index (χ4v) is 0.953. The Hall–Kier alpha value is -1.04. The maximum Gasteiger partial charge on any atom is 0.111 e. The molecular formula is C8H5ClNO. The second-order valence-electron chi connectivity index (χ2n) is 1.95. The van der Waals surface area contributed by atoms with Crippen LogP contribution in [0.4, 0.5) is 0 Å². The quantitative estimate of drug-likeness (QED) is 0.694. The lowest BCUT2D eigenvalue weighted by Gasteiger charge is -1.99. The van der Waals surface area contributed by atoms with Crippen molar-refractivity contribution in [2.45, 2.75) is 0 Å². The zero-order valence-corrected chi connectivity index (χ0v) is 6.34. The van der Waals surface area contributed by atoms with Gasteiger partial charge in [-0.3, -0.25) is 0 Å². The fraction of sp³-hybridized carbons (Fsp3) is 0. The Morgan fingerprint density at radius 3 is 2.82 bits per heavy atom. The van der Waals surface area contributed by atoms with Crippen LogP contribution in [0.25, 0.3) is 0 Å². The van der Waals surface area contributed by atoms with E-state index in [0.29, 0.717) is 11.1 Å². The highest BCUT2D eigenvalue weighted by molar-refractivity contribution is 6.32. The Bertz CT molecular complexity index is 303. The summed E-state index contributed by atoms with van der Waals surface area (Å²) in [5, 5.41) is 17.4. The number of benzene rings is 1. The third-order valence-corrected chi connectivity index (χ3v) is 1.71. The molecule has 0 bridgehead atoms. The van der Waals surface area contributed by atoms with Gasteiger partial charge >= 0.3 is 0 Å². The third kappa shape index (κ3) is 1.51. The number of nitrogens with zero attached hydrogens (tertiary/aromatic N) is 1. The summed E-state index contributed by atoms with van der Waals surface area (Å²) >= 11 is 5.70. The van der Waals surface area contributed by atoms with Crippen molar-refractivity contribution in [3.63, 3.8) is 0 Å². The highest BCUT2D eigenvalue weighted by atomic mass is 35.5. The molecule has 0 aliphatic heterocycles. The van der Waals surface area contributed by atoms with E-state index in [1.54, 1.807) is 18.2 Å². The predicted octanol–water partition coefficient (Wildman–Crippen LogP) is 2.09. The zero-order valence-electron chi connectivity index (χ0n) is 5.58. The normalized spacial score (nSPS) is 9.18. The van der Waals surface area contributed by atoms with Crippen LogP contribution in [-0.4, -0.2) is 5.11 Å². The Balaban J connectivity index is 3.23. The largest absolute Gasteiger partial charge is 0.385 e. The molecule has 0 saturated heterocycles. The summed E-state index contributed by atoms with van der Waals surface area (Å²) in [4.78, 5) is 0. The lowest BCUT2D eigenvalue weighted by Crippen LogP contribution is -1.84. The van der Waals surface area contributed by atoms with Crippen molar-refractivity contribution in [2.75, 3.05) is 0 Å². The van der Waals surface area contributed by atoms with Crippen molar-refractivity contribution in [2.24, 2.45) is 0 Å². The topological polar surface area (TPSA) is 44.0 Å². The summed E-state index contributed by atoms with van der Waals surface area (Å²) in [7, 11) is 0. The first-order chi connectivity index (χ1) is 5.29. The molecule has 1 aromatic carbocycles. The van der Waals surface area contributed by atoms with Gasteiger partial charge in [0.05, 0.1) is 10.6 Å². The van der Waals surface area contributed by atoms with Crippen LogP contribution in [0.15, 0.2) is 18.2 Å². The number of rotatable bonds is 1. The SMILES string of the molecule is N#Cc1cccc([CH]O)c1Cl. The Labute approximate surface area is 69.7 Å². The number of hydrogen-bond donors (Lipinski definition) is 1. The molecule has 0 amide bonds. The van der Waals surface area contributed by atoms with E-state index < -0.39 is 0 Å². The van der Waals surface area contributed by atoms with E-state index in [0.717, 1.165) is 6.61 Å². The molecule has 0 fully saturated rings. The summed E-state index contributed by atoms with van der Waals surface area (Å²) in [6.07, 6.45) is 0. The Kier molecular flexibility index (Phi) is 2.48. The first-order valence-corrected chi connectivity index (χ1v) is 3.33. The maximum absolute atomic E-state index is 8.62. The second kappa shape index (κ2) is 3.38. The molecule has 0 atom stereocenters. The smallest absolute Gasteiger partial charge is 0.111 e. The molecule has 0 aliphatic carbocycles. The van der Waals surface area contributed by atoms with Gasteiger partial charge in [-0.25, -0.2) is 0 Å². The average Bonchev–Trinajstić information content (AvgIpc) is 2.05. The van der Waals surface area contributed by atoms with E-state index in [2.05, 4.69) is 0 Å². The minimum absolute atomic E-state index is 0.289. The van der Waals surface area contributed by atoms with E-state index in [4.69, 9.17) is 22.0 Å². The Morgan fingerprint density at radius 2 is 2.27 bits per heavy atom. The van der Waals surface area contributed by atoms with Gasteiger partial charge in [-0.15, -0.1) is 0 Å². The maximum atomic E-state index is 8.62. The summed E-state index contributed by atoms with van der Waals surface area (Å²) in [6, 6.07) is 6.79. The highest BCUT2D eigenvalue weighted by Crippen LogP contribution is 2.20. The number of nitriles is 1. The van der Waals surface area contributed by atoms with E-state index in [1.165, 1.54) is 0 Å². The summed E-state index contributed by atoms with van der Waals surface area (Å²) in [5.41, 5.74) is 0.834. The molecule has 1 aromatic rings. The van der Waals surface area contributed by atoms with E-state index in [1.807, 2.05) is 6.07 Å². The summed E-state index contributed by atoms with van der Waals surface area (Å²) < 4.78 is 0. The van der Waals surface area contributed by atoms with Crippen molar-refractivity contribution < 1.29 is 5.11 Å². The first-order valence-electron chi connectivity index (χ1n) is 2.95. The van der Waals surface area contributed by atoms with Crippen LogP contribution in [0.5, 0.6) is 0 Å². The van der Waals surface area contributed by atoms with E-state index in [-0.39, 0.29) is 5.02 Å². The van der Waals surface area contributed by atoms with Gasteiger partial charge in [-0.2, -0.15) is 5.26 Å². The molecule has 1 N–H and O–H groups in total. The van der Waals surface area contributed by atoms with Crippen molar-refractivity contribution in [3.05, 3.63) is 41.0 Å². The molecular weight excluding hydrogens is 162 g/mol. The van der Waals surface area contributed by atoms with Crippen LogP contribution < -0.4 is 0 Å². The molecule has 1 radical (unpaired) electrons.